The number of rotatable bonds is 5. The van der Waals surface area contributed by atoms with Crippen molar-refractivity contribution in [1.82, 2.24) is 25.3 Å². The van der Waals surface area contributed by atoms with Gasteiger partial charge in [-0.05, 0) is 29.7 Å². The van der Waals surface area contributed by atoms with E-state index in [4.69, 9.17) is 4.52 Å². The van der Waals surface area contributed by atoms with Gasteiger partial charge in [-0.2, -0.15) is 4.98 Å². The zero-order valence-electron chi connectivity index (χ0n) is 20.1. The van der Waals surface area contributed by atoms with Crippen molar-refractivity contribution in [1.29, 1.82) is 0 Å². The molecule has 3 aromatic rings. The molecule has 33 heavy (non-hydrogen) atoms. The Morgan fingerprint density at radius 2 is 1.97 bits per heavy atom. The van der Waals surface area contributed by atoms with Gasteiger partial charge in [0.15, 0.2) is 0 Å². The van der Waals surface area contributed by atoms with E-state index in [2.05, 4.69) is 56.5 Å². The number of anilines is 1. The number of amides is 1. The quantitative estimate of drug-likeness (QED) is 0.640. The Hall–Kier alpha value is -3.26. The minimum absolute atomic E-state index is 0.0918. The summed E-state index contributed by atoms with van der Waals surface area (Å²) in [6, 6.07) is 8.46. The maximum atomic E-state index is 12.8. The molecule has 1 fully saturated rings. The summed E-state index contributed by atoms with van der Waals surface area (Å²) >= 11 is 0. The Morgan fingerprint density at radius 1 is 1.21 bits per heavy atom. The minimum Gasteiger partial charge on any atom is -0.367 e. The van der Waals surface area contributed by atoms with Gasteiger partial charge < -0.3 is 19.6 Å². The number of aryl methyl sites for hydroxylation is 1. The summed E-state index contributed by atoms with van der Waals surface area (Å²) < 4.78 is 5.28. The molecule has 0 atom stereocenters. The molecule has 0 saturated carbocycles. The number of hydrogen-bond donors (Lipinski definition) is 1. The van der Waals surface area contributed by atoms with Crippen molar-refractivity contribution >= 4 is 11.6 Å². The number of aromatic nitrogens is 3. The molecule has 1 aliphatic heterocycles. The van der Waals surface area contributed by atoms with E-state index in [0.29, 0.717) is 12.4 Å². The summed E-state index contributed by atoms with van der Waals surface area (Å²) in [7, 11) is 1.76. The van der Waals surface area contributed by atoms with Crippen LogP contribution in [0.15, 0.2) is 41.2 Å². The molecule has 1 aliphatic rings. The summed E-state index contributed by atoms with van der Waals surface area (Å²) in [5, 5.41) is 7.28. The van der Waals surface area contributed by atoms with Gasteiger partial charge >= 0.3 is 0 Å². The highest BCUT2D eigenvalue weighted by atomic mass is 16.5. The van der Waals surface area contributed by atoms with E-state index in [1.165, 1.54) is 5.56 Å². The molecule has 1 N–H and O–H groups in total. The van der Waals surface area contributed by atoms with Gasteiger partial charge in [-0.1, -0.05) is 44.1 Å². The van der Waals surface area contributed by atoms with E-state index in [1.807, 2.05) is 33.2 Å². The average Bonchev–Trinajstić information content (AvgIpc) is 3.31. The molecule has 0 unspecified atom stereocenters. The summed E-state index contributed by atoms with van der Waals surface area (Å²) in [5.74, 6) is 0.291. The fraction of sp³-hybridized carbons (Fsp3) is 0.440. The lowest BCUT2D eigenvalue weighted by Gasteiger charge is -2.31. The van der Waals surface area contributed by atoms with Gasteiger partial charge in [-0.15, -0.1) is 0 Å². The highest BCUT2D eigenvalue weighted by Crippen LogP contribution is 2.31. The maximum Gasteiger partial charge on any atom is 0.295 e. The molecule has 0 aliphatic carbocycles. The van der Waals surface area contributed by atoms with E-state index < -0.39 is 0 Å². The van der Waals surface area contributed by atoms with Crippen molar-refractivity contribution in [2.75, 3.05) is 38.1 Å². The largest absolute Gasteiger partial charge is 0.367 e. The first-order chi connectivity index (χ1) is 15.7. The second-order valence-corrected chi connectivity index (χ2v) is 9.61. The molecule has 1 amide bonds. The number of carbonyl (C=O) groups is 1. The second-order valence-electron chi connectivity index (χ2n) is 9.61. The average molecular weight is 449 g/mol. The molecule has 4 rings (SSSR count). The predicted molar refractivity (Wildman–Crippen MR) is 128 cm³/mol. The van der Waals surface area contributed by atoms with Crippen molar-refractivity contribution in [3.8, 4) is 11.1 Å². The molecule has 8 nitrogen and oxygen atoms in total. The Labute approximate surface area is 195 Å². The lowest BCUT2D eigenvalue weighted by molar-refractivity contribution is 0.0769. The molecule has 0 radical (unpaired) electrons. The van der Waals surface area contributed by atoms with Gasteiger partial charge in [0.1, 0.15) is 0 Å². The SMILES string of the molecule is Cc1cc(-c2ccncc2N2CCNCC2)ccc1CN(C)C(=O)c1noc(C(C)(C)C)n1. The van der Waals surface area contributed by atoms with Crippen LogP contribution in [-0.2, 0) is 12.0 Å². The van der Waals surface area contributed by atoms with Crippen molar-refractivity contribution in [3.63, 3.8) is 0 Å². The van der Waals surface area contributed by atoms with Crippen LogP contribution in [0.4, 0.5) is 5.69 Å². The van der Waals surface area contributed by atoms with Gasteiger partial charge in [-0.3, -0.25) is 9.78 Å². The first-order valence-corrected chi connectivity index (χ1v) is 11.3. The van der Waals surface area contributed by atoms with Crippen LogP contribution in [0.3, 0.4) is 0 Å². The summed E-state index contributed by atoms with van der Waals surface area (Å²) in [6.07, 6.45) is 3.79. The molecule has 0 spiro atoms. The van der Waals surface area contributed by atoms with E-state index in [0.717, 1.165) is 48.6 Å². The van der Waals surface area contributed by atoms with E-state index in [1.54, 1.807) is 11.9 Å². The van der Waals surface area contributed by atoms with E-state index >= 15 is 0 Å². The zero-order chi connectivity index (χ0) is 23.6. The van der Waals surface area contributed by atoms with Crippen LogP contribution in [-0.4, -0.2) is 59.2 Å². The van der Waals surface area contributed by atoms with Gasteiger partial charge in [0.05, 0.1) is 11.9 Å². The number of piperazine rings is 1. The third-order valence-corrected chi connectivity index (χ3v) is 5.92. The van der Waals surface area contributed by atoms with Gasteiger partial charge in [0.25, 0.3) is 11.7 Å². The Morgan fingerprint density at radius 3 is 2.64 bits per heavy atom. The third kappa shape index (κ3) is 5.06. The first-order valence-electron chi connectivity index (χ1n) is 11.3. The lowest BCUT2D eigenvalue weighted by Crippen LogP contribution is -2.43. The van der Waals surface area contributed by atoms with Crippen LogP contribution in [0.1, 0.15) is 48.4 Å². The number of pyridine rings is 1. The van der Waals surface area contributed by atoms with Gasteiger partial charge in [-0.25, -0.2) is 0 Å². The maximum absolute atomic E-state index is 12.8. The number of nitrogens with one attached hydrogen (secondary N) is 1. The monoisotopic (exact) mass is 448 g/mol. The molecule has 2 aromatic heterocycles. The number of nitrogens with zero attached hydrogens (tertiary/aromatic N) is 5. The molecule has 3 heterocycles. The fourth-order valence-electron chi connectivity index (χ4n) is 3.94. The van der Waals surface area contributed by atoms with Gasteiger partial charge in [0.2, 0.25) is 5.89 Å². The van der Waals surface area contributed by atoms with Crippen molar-refractivity contribution in [3.05, 3.63) is 59.5 Å². The van der Waals surface area contributed by atoms with Crippen LogP contribution in [0.25, 0.3) is 11.1 Å². The van der Waals surface area contributed by atoms with Crippen molar-refractivity contribution < 1.29 is 9.32 Å². The van der Waals surface area contributed by atoms with Crippen LogP contribution < -0.4 is 10.2 Å². The lowest BCUT2D eigenvalue weighted by atomic mass is 9.97. The highest BCUT2D eigenvalue weighted by Gasteiger charge is 2.26. The summed E-state index contributed by atoms with van der Waals surface area (Å²) in [5.41, 5.74) is 5.38. The molecule has 174 valence electrons. The fourth-order valence-corrected chi connectivity index (χ4v) is 3.94. The topological polar surface area (TPSA) is 87.4 Å². The van der Waals surface area contributed by atoms with Gasteiger partial charge in [0, 0.05) is 56.9 Å². The Balaban J connectivity index is 1.52. The van der Waals surface area contributed by atoms with E-state index in [-0.39, 0.29) is 17.1 Å². The van der Waals surface area contributed by atoms with Crippen molar-refractivity contribution in [2.24, 2.45) is 0 Å². The second kappa shape index (κ2) is 9.31. The summed E-state index contributed by atoms with van der Waals surface area (Å²) in [6.45, 7) is 12.3. The molecule has 1 saturated heterocycles. The van der Waals surface area contributed by atoms with Crippen molar-refractivity contribution in [2.45, 2.75) is 39.7 Å². The van der Waals surface area contributed by atoms with E-state index in [9.17, 15) is 4.79 Å². The number of carbonyl (C=O) groups excluding carboxylic acids is 1. The number of benzene rings is 1. The normalized spacial score (nSPS) is 14.4. The zero-order valence-corrected chi connectivity index (χ0v) is 20.1. The number of hydrogen-bond acceptors (Lipinski definition) is 7. The molecule has 0 bridgehead atoms. The first kappa shape index (κ1) is 22.9. The Bertz CT molecular complexity index is 1130. The predicted octanol–water partition coefficient (Wildman–Crippen LogP) is 3.42. The highest BCUT2D eigenvalue weighted by molar-refractivity contribution is 5.90. The summed E-state index contributed by atoms with van der Waals surface area (Å²) in [4.78, 5) is 25.5. The van der Waals surface area contributed by atoms with Crippen LogP contribution in [0.5, 0.6) is 0 Å². The third-order valence-electron chi connectivity index (χ3n) is 5.92. The molecular weight excluding hydrogens is 416 g/mol. The van der Waals surface area contributed by atoms with Crippen LogP contribution >= 0.6 is 0 Å². The minimum atomic E-state index is -0.299. The van der Waals surface area contributed by atoms with Crippen LogP contribution in [0.2, 0.25) is 0 Å². The molecule has 1 aromatic carbocycles. The Kier molecular flexibility index (Phi) is 6.47. The molecule has 8 heteroatoms. The van der Waals surface area contributed by atoms with Crippen LogP contribution in [0, 0.1) is 6.92 Å². The standard InChI is InChI=1S/C25H32N6O2/c1-17-14-18(20-8-9-27-15-21(20)31-12-10-26-11-13-31)6-7-19(17)16-30(5)23(32)22-28-24(33-29-22)25(2,3)4/h6-9,14-15,26H,10-13,16H2,1-5H3. The molecular formula is C25H32N6O2. The smallest absolute Gasteiger partial charge is 0.295 e.